The fourth-order valence-corrected chi connectivity index (χ4v) is 3.01. The minimum Gasteiger partial charge on any atom is -0.359 e. The summed E-state index contributed by atoms with van der Waals surface area (Å²) in [4.78, 5) is 14.1. The largest absolute Gasteiger partial charge is 0.359 e. The van der Waals surface area contributed by atoms with Crippen molar-refractivity contribution in [3.63, 3.8) is 0 Å². The number of carbonyl (C=O) groups excluding carboxylic acids is 1. The quantitative estimate of drug-likeness (QED) is 0.727. The zero-order valence-electron chi connectivity index (χ0n) is 13.3. The summed E-state index contributed by atoms with van der Waals surface area (Å²) >= 11 is 6.00. The van der Waals surface area contributed by atoms with Crippen LogP contribution in [0.4, 0.5) is 5.69 Å². The van der Waals surface area contributed by atoms with Crippen LogP contribution in [0.1, 0.15) is 17.9 Å². The molecule has 0 spiro atoms. The Bertz CT molecular complexity index is 846. The van der Waals surface area contributed by atoms with Crippen LogP contribution < -0.4 is 4.90 Å². The number of nitrogens with zero attached hydrogens (tertiary/aromatic N) is 3. The van der Waals surface area contributed by atoms with Crippen molar-refractivity contribution in [3.05, 3.63) is 46.9 Å². The fourth-order valence-electron chi connectivity index (χ4n) is 2.83. The van der Waals surface area contributed by atoms with Crippen molar-refractivity contribution in [2.45, 2.75) is 26.8 Å². The number of hydrogen-bond acceptors (Lipinski definition) is 3. The van der Waals surface area contributed by atoms with Gasteiger partial charge in [0.15, 0.2) is 5.76 Å². The lowest BCUT2D eigenvalue weighted by Crippen LogP contribution is -2.27. The molecule has 0 radical (unpaired) electrons. The van der Waals surface area contributed by atoms with Gasteiger partial charge in [0.05, 0.1) is 0 Å². The molecule has 0 N–H and O–H groups in total. The smallest absolute Gasteiger partial charge is 0.228 e. The number of carbonyl (C=O) groups is 1. The average molecular weight is 332 g/mol. The highest BCUT2D eigenvalue weighted by Crippen LogP contribution is 2.24. The topological polar surface area (TPSA) is 51.3 Å². The Morgan fingerprint density at radius 3 is 2.83 bits per heavy atom. The van der Waals surface area contributed by atoms with Crippen LogP contribution in [0.5, 0.6) is 0 Å². The Kier molecular flexibility index (Phi) is 4.13. The molecule has 0 unspecified atom stereocenters. The van der Waals surface area contributed by atoms with Crippen LogP contribution >= 0.6 is 11.6 Å². The van der Waals surface area contributed by atoms with Crippen LogP contribution in [0.3, 0.4) is 0 Å². The normalized spacial score (nSPS) is 11.1. The van der Waals surface area contributed by atoms with Gasteiger partial charge >= 0.3 is 0 Å². The first kappa shape index (κ1) is 15.6. The lowest BCUT2D eigenvalue weighted by Gasteiger charge is -2.17. The number of hydrogen-bond donors (Lipinski definition) is 0. The van der Waals surface area contributed by atoms with Crippen molar-refractivity contribution < 1.29 is 9.32 Å². The predicted octanol–water partition coefficient (Wildman–Crippen LogP) is 3.95. The predicted molar refractivity (Wildman–Crippen MR) is 91.0 cm³/mol. The van der Waals surface area contributed by atoms with Crippen LogP contribution in [-0.4, -0.2) is 22.7 Å². The van der Waals surface area contributed by atoms with E-state index in [1.165, 1.54) is 0 Å². The molecular formula is C17H18ClN3O2. The zero-order chi connectivity index (χ0) is 16.6. The Morgan fingerprint density at radius 2 is 2.13 bits per heavy atom. The van der Waals surface area contributed by atoms with E-state index in [-0.39, 0.29) is 5.91 Å². The molecule has 2 aromatic heterocycles. The van der Waals surface area contributed by atoms with E-state index in [0.29, 0.717) is 23.7 Å². The third kappa shape index (κ3) is 2.97. The number of rotatable bonds is 4. The molecule has 2 heterocycles. The van der Waals surface area contributed by atoms with Crippen molar-refractivity contribution in [1.29, 1.82) is 0 Å². The summed E-state index contributed by atoms with van der Waals surface area (Å²) in [5.41, 5.74) is 2.54. The van der Waals surface area contributed by atoms with Gasteiger partial charge in [0.2, 0.25) is 5.91 Å². The Labute approximate surface area is 139 Å². The molecule has 3 aromatic rings. The number of amides is 1. The van der Waals surface area contributed by atoms with Crippen molar-refractivity contribution >= 4 is 34.1 Å². The van der Waals surface area contributed by atoms with E-state index in [1.807, 2.05) is 44.3 Å². The molecular weight excluding hydrogens is 314 g/mol. The molecule has 1 amide bonds. The lowest BCUT2D eigenvalue weighted by molar-refractivity contribution is -0.118. The Morgan fingerprint density at radius 1 is 1.35 bits per heavy atom. The molecule has 23 heavy (non-hydrogen) atoms. The van der Waals surface area contributed by atoms with Crippen LogP contribution in [0.2, 0.25) is 5.02 Å². The van der Waals surface area contributed by atoms with Gasteiger partial charge < -0.3 is 14.0 Å². The van der Waals surface area contributed by atoms with E-state index >= 15 is 0 Å². The van der Waals surface area contributed by atoms with Gasteiger partial charge in [0.1, 0.15) is 11.4 Å². The molecule has 0 aliphatic heterocycles. The number of aryl methyl sites for hydroxylation is 3. The molecule has 0 atom stereocenters. The average Bonchev–Trinajstić information content (AvgIpc) is 3.07. The van der Waals surface area contributed by atoms with Gasteiger partial charge in [-0.15, -0.1) is 0 Å². The third-order valence-electron chi connectivity index (χ3n) is 4.00. The highest BCUT2D eigenvalue weighted by molar-refractivity contribution is 6.31. The monoisotopic (exact) mass is 331 g/mol. The number of halogens is 1. The Hall–Kier alpha value is -2.27. The molecule has 1 aromatic carbocycles. The van der Waals surface area contributed by atoms with E-state index in [2.05, 4.69) is 9.72 Å². The molecule has 0 bridgehead atoms. The van der Waals surface area contributed by atoms with Gasteiger partial charge in [-0.2, -0.15) is 0 Å². The molecule has 0 saturated carbocycles. The summed E-state index contributed by atoms with van der Waals surface area (Å²) in [6, 6.07) is 7.76. The van der Waals surface area contributed by atoms with E-state index in [0.717, 1.165) is 22.3 Å². The van der Waals surface area contributed by atoms with Crippen molar-refractivity contribution in [2.24, 2.45) is 0 Å². The van der Waals surface area contributed by atoms with Crippen LogP contribution in [0.15, 0.2) is 35.0 Å². The van der Waals surface area contributed by atoms with E-state index in [1.54, 1.807) is 11.9 Å². The number of benzene rings is 1. The van der Waals surface area contributed by atoms with Gasteiger partial charge in [0.25, 0.3) is 0 Å². The lowest BCUT2D eigenvalue weighted by atomic mass is 10.2. The van der Waals surface area contributed by atoms with Crippen molar-refractivity contribution in [3.8, 4) is 0 Å². The highest BCUT2D eigenvalue weighted by atomic mass is 35.5. The maximum atomic E-state index is 12.5. The molecule has 0 fully saturated rings. The number of aromatic nitrogens is 2. The van der Waals surface area contributed by atoms with Crippen molar-refractivity contribution in [1.82, 2.24) is 9.72 Å². The highest BCUT2D eigenvalue weighted by Gasteiger charge is 2.19. The molecule has 5 nitrogen and oxygen atoms in total. The van der Waals surface area contributed by atoms with E-state index in [4.69, 9.17) is 16.1 Å². The zero-order valence-corrected chi connectivity index (χ0v) is 14.1. The van der Waals surface area contributed by atoms with E-state index < -0.39 is 0 Å². The second-order valence-corrected chi connectivity index (χ2v) is 6.02. The minimum absolute atomic E-state index is 0.0233. The van der Waals surface area contributed by atoms with Gasteiger partial charge in [-0.25, -0.2) is 0 Å². The maximum Gasteiger partial charge on any atom is 0.228 e. The number of fused-ring (bicyclic) bond motifs is 1. The summed E-state index contributed by atoms with van der Waals surface area (Å²) < 4.78 is 7.18. The molecule has 0 aliphatic carbocycles. The molecule has 0 saturated heterocycles. The standard InChI is InChI=1S/C17H18ClN3O2/c1-11-17(12(2)23-19-11)20(3)16(22)7-9-21-8-6-13-10-14(18)4-5-15(13)21/h4-6,8,10H,7,9H2,1-3H3. The minimum atomic E-state index is 0.0233. The van der Waals surface area contributed by atoms with Gasteiger partial charge in [-0.05, 0) is 38.1 Å². The van der Waals surface area contributed by atoms with Gasteiger partial charge in [0, 0.05) is 42.1 Å². The first-order valence-corrected chi connectivity index (χ1v) is 7.79. The van der Waals surface area contributed by atoms with E-state index in [9.17, 15) is 4.79 Å². The Balaban J connectivity index is 1.73. The molecule has 6 heteroatoms. The van der Waals surface area contributed by atoms with Gasteiger partial charge in [-0.3, -0.25) is 4.79 Å². The summed E-state index contributed by atoms with van der Waals surface area (Å²) in [6.07, 6.45) is 2.37. The second-order valence-electron chi connectivity index (χ2n) is 5.59. The summed E-state index contributed by atoms with van der Waals surface area (Å²) in [7, 11) is 1.75. The fraction of sp³-hybridized carbons (Fsp3) is 0.294. The first-order chi connectivity index (χ1) is 11.0. The SMILES string of the molecule is Cc1noc(C)c1N(C)C(=O)CCn1ccc2cc(Cl)ccc21. The number of anilines is 1. The molecule has 0 aliphatic rings. The molecule has 3 rings (SSSR count). The van der Waals surface area contributed by atoms with Gasteiger partial charge in [-0.1, -0.05) is 16.8 Å². The first-order valence-electron chi connectivity index (χ1n) is 7.41. The van der Waals surface area contributed by atoms with Crippen LogP contribution in [0, 0.1) is 13.8 Å². The third-order valence-corrected chi connectivity index (χ3v) is 4.24. The summed E-state index contributed by atoms with van der Waals surface area (Å²) in [5.74, 6) is 0.676. The second kappa shape index (κ2) is 6.08. The summed E-state index contributed by atoms with van der Waals surface area (Å²) in [6.45, 7) is 4.25. The maximum absolute atomic E-state index is 12.5. The molecule has 120 valence electrons. The van der Waals surface area contributed by atoms with Crippen LogP contribution in [-0.2, 0) is 11.3 Å². The van der Waals surface area contributed by atoms with Crippen molar-refractivity contribution in [2.75, 3.05) is 11.9 Å². The summed E-state index contributed by atoms with van der Waals surface area (Å²) in [5, 5.41) is 5.68. The van der Waals surface area contributed by atoms with Crippen LogP contribution in [0.25, 0.3) is 10.9 Å².